The number of nitrogens with one attached hydrogen (secondary N) is 2. The maximum absolute atomic E-state index is 13.5. The second-order valence-corrected chi connectivity index (χ2v) is 5.40. The smallest absolute Gasteiger partial charge is 0.326 e. The third-order valence-corrected chi connectivity index (χ3v) is 3.63. The van der Waals surface area contributed by atoms with Crippen LogP contribution in [0, 0.1) is 17.6 Å². The highest BCUT2D eigenvalue weighted by Crippen LogP contribution is 2.23. The summed E-state index contributed by atoms with van der Waals surface area (Å²) < 4.78 is 26.5. The van der Waals surface area contributed by atoms with Crippen molar-refractivity contribution < 1.29 is 23.5 Å². The lowest BCUT2D eigenvalue weighted by Gasteiger charge is -2.20. The van der Waals surface area contributed by atoms with E-state index in [0.717, 1.165) is 6.07 Å². The third-order valence-electron chi connectivity index (χ3n) is 3.02. The number of rotatable bonds is 5. The normalized spacial score (nSPS) is 13.4. The molecule has 0 aromatic heterocycles. The van der Waals surface area contributed by atoms with Crippen molar-refractivity contribution in [2.75, 3.05) is 5.32 Å². The van der Waals surface area contributed by atoms with Crippen LogP contribution in [0.2, 0.25) is 0 Å². The average Bonchev–Trinajstić information content (AvgIpc) is 2.41. The van der Waals surface area contributed by atoms with Gasteiger partial charge in [-0.1, -0.05) is 20.3 Å². The SMILES string of the molecule is CCC(C)C(NC(=O)Nc1cc(Br)c(F)cc1F)C(=O)O. The first-order valence-corrected chi connectivity index (χ1v) is 7.00. The molecule has 0 heterocycles. The van der Waals surface area contributed by atoms with Crippen molar-refractivity contribution >= 4 is 33.6 Å². The molecule has 0 bridgehead atoms. The predicted octanol–water partition coefficient (Wildman–Crippen LogP) is 3.35. The molecule has 0 radical (unpaired) electrons. The molecule has 0 fully saturated rings. The lowest BCUT2D eigenvalue weighted by atomic mass is 9.99. The van der Waals surface area contributed by atoms with Crippen LogP contribution < -0.4 is 10.6 Å². The van der Waals surface area contributed by atoms with E-state index >= 15 is 0 Å². The summed E-state index contributed by atoms with van der Waals surface area (Å²) in [6.07, 6.45) is 0.549. The summed E-state index contributed by atoms with van der Waals surface area (Å²) >= 11 is 2.87. The molecular weight excluding hydrogens is 350 g/mol. The summed E-state index contributed by atoms with van der Waals surface area (Å²) in [7, 11) is 0. The summed E-state index contributed by atoms with van der Waals surface area (Å²) in [5.41, 5.74) is -0.255. The van der Waals surface area contributed by atoms with E-state index in [-0.39, 0.29) is 16.1 Å². The van der Waals surface area contributed by atoms with Gasteiger partial charge in [-0.05, 0) is 27.9 Å². The molecular formula is C13H15BrF2N2O3. The Hall–Kier alpha value is -1.70. The van der Waals surface area contributed by atoms with Crippen LogP contribution in [0.1, 0.15) is 20.3 Å². The van der Waals surface area contributed by atoms with E-state index in [1.807, 2.05) is 0 Å². The Morgan fingerprint density at radius 3 is 2.48 bits per heavy atom. The van der Waals surface area contributed by atoms with Crippen molar-refractivity contribution in [3.8, 4) is 0 Å². The van der Waals surface area contributed by atoms with E-state index in [4.69, 9.17) is 5.11 Å². The number of amides is 2. The van der Waals surface area contributed by atoms with Gasteiger partial charge in [0, 0.05) is 6.07 Å². The number of urea groups is 1. The predicted molar refractivity (Wildman–Crippen MR) is 77.1 cm³/mol. The van der Waals surface area contributed by atoms with Gasteiger partial charge in [0.1, 0.15) is 17.7 Å². The molecule has 1 rings (SSSR count). The number of carboxylic acid groups (broad SMARTS) is 1. The van der Waals surface area contributed by atoms with Crippen LogP contribution in [-0.2, 0) is 4.79 Å². The van der Waals surface area contributed by atoms with Crippen LogP contribution in [0.15, 0.2) is 16.6 Å². The van der Waals surface area contributed by atoms with Gasteiger partial charge >= 0.3 is 12.0 Å². The summed E-state index contributed by atoms with van der Waals surface area (Å²) in [6.45, 7) is 3.46. The number of carbonyl (C=O) groups is 2. The van der Waals surface area contributed by atoms with E-state index in [0.29, 0.717) is 12.5 Å². The Balaban J connectivity index is 2.81. The molecule has 0 spiro atoms. The highest BCUT2D eigenvalue weighted by Gasteiger charge is 2.25. The molecule has 0 aliphatic rings. The molecule has 116 valence electrons. The Labute approximate surface area is 128 Å². The standard InChI is InChI=1S/C13H15BrF2N2O3/c1-3-6(2)11(12(19)20)18-13(21)17-10-4-7(14)8(15)5-9(10)16/h4-6,11H,3H2,1-2H3,(H,19,20)(H2,17,18,21). The average molecular weight is 365 g/mol. The second kappa shape index (κ2) is 7.35. The summed E-state index contributed by atoms with van der Waals surface area (Å²) in [5.74, 6) is -3.24. The zero-order valence-corrected chi connectivity index (χ0v) is 13.0. The molecule has 3 N–H and O–H groups in total. The van der Waals surface area contributed by atoms with Crippen molar-refractivity contribution in [3.63, 3.8) is 0 Å². The summed E-state index contributed by atoms with van der Waals surface area (Å²) in [4.78, 5) is 22.8. The van der Waals surface area contributed by atoms with E-state index < -0.39 is 29.7 Å². The number of benzene rings is 1. The zero-order valence-electron chi connectivity index (χ0n) is 11.4. The molecule has 0 saturated heterocycles. The van der Waals surface area contributed by atoms with Crippen LogP contribution in [0.4, 0.5) is 19.3 Å². The van der Waals surface area contributed by atoms with Crippen LogP contribution in [0.25, 0.3) is 0 Å². The van der Waals surface area contributed by atoms with Crippen LogP contribution in [0.5, 0.6) is 0 Å². The molecule has 2 atom stereocenters. The number of hydrogen-bond donors (Lipinski definition) is 3. The minimum atomic E-state index is -1.18. The van der Waals surface area contributed by atoms with Crippen molar-refractivity contribution in [2.45, 2.75) is 26.3 Å². The summed E-state index contributed by atoms with van der Waals surface area (Å²) in [6, 6.07) is -0.297. The zero-order chi connectivity index (χ0) is 16.2. The van der Waals surface area contributed by atoms with Crippen molar-refractivity contribution in [3.05, 3.63) is 28.2 Å². The molecule has 5 nitrogen and oxygen atoms in total. The number of aliphatic carboxylic acids is 1. The van der Waals surface area contributed by atoms with Crippen LogP contribution in [0.3, 0.4) is 0 Å². The topological polar surface area (TPSA) is 78.4 Å². The number of hydrogen-bond acceptors (Lipinski definition) is 2. The number of carboxylic acids is 1. The fourth-order valence-electron chi connectivity index (χ4n) is 1.60. The van der Waals surface area contributed by atoms with Gasteiger partial charge in [-0.3, -0.25) is 0 Å². The molecule has 0 aliphatic carbocycles. The fourth-order valence-corrected chi connectivity index (χ4v) is 1.94. The molecule has 1 aromatic rings. The van der Waals surface area contributed by atoms with E-state index in [9.17, 15) is 18.4 Å². The van der Waals surface area contributed by atoms with Gasteiger partial charge < -0.3 is 15.7 Å². The maximum Gasteiger partial charge on any atom is 0.326 e. The van der Waals surface area contributed by atoms with Crippen LogP contribution >= 0.6 is 15.9 Å². The van der Waals surface area contributed by atoms with Gasteiger partial charge in [-0.25, -0.2) is 18.4 Å². The Morgan fingerprint density at radius 1 is 1.33 bits per heavy atom. The first kappa shape index (κ1) is 17.4. The lowest BCUT2D eigenvalue weighted by molar-refractivity contribution is -0.140. The number of anilines is 1. The number of halogens is 3. The van der Waals surface area contributed by atoms with Crippen LogP contribution in [-0.4, -0.2) is 23.1 Å². The number of carbonyl (C=O) groups excluding carboxylic acids is 1. The summed E-state index contributed by atoms with van der Waals surface area (Å²) in [5, 5.41) is 13.5. The van der Waals surface area contributed by atoms with Gasteiger partial charge in [0.25, 0.3) is 0 Å². The first-order chi connectivity index (χ1) is 9.76. The van der Waals surface area contributed by atoms with Gasteiger partial charge in [0.05, 0.1) is 10.2 Å². The fraction of sp³-hybridized carbons (Fsp3) is 0.385. The van der Waals surface area contributed by atoms with E-state index in [1.54, 1.807) is 13.8 Å². The molecule has 21 heavy (non-hydrogen) atoms. The molecule has 0 aliphatic heterocycles. The molecule has 8 heteroatoms. The highest BCUT2D eigenvalue weighted by atomic mass is 79.9. The maximum atomic E-state index is 13.5. The quantitative estimate of drug-likeness (QED) is 0.701. The third kappa shape index (κ3) is 4.66. The van der Waals surface area contributed by atoms with Crippen molar-refractivity contribution in [1.82, 2.24) is 5.32 Å². The molecule has 1 aromatic carbocycles. The molecule has 2 amide bonds. The van der Waals surface area contributed by atoms with Crippen molar-refractivity contribution in [2.24, 2.45) is 5.92 Å². The molecule has 2 unspecified atom stereocenters. The van der Waals surface area contributed by atoms with Crippen molar-refractivity contribution in [1.29, 1.82) is 0 Å². The Morgan fingerprint density at radius 2 is 1.95 bits per heavy atom. The van der Waals surface area contributed by atoms with E-state index in [2.05, 4.69) is 26.6 Å². The molecule has 0 saturated carbocycles. The Kier molecular flexibility index (Phi) is 6.07. The minimum absolute atomic E-state index is 0.0177. The second-order valence-electron chi connectivity index (χ2n) is 4.55. The highest BCUT2D eigenvalue weighted by molar-refractivity contribution is 9.10. The van der Waals surface area contributed by atoms with E-state index in [1.165, 1.54) is 0 Å². The van der Waals surface area contributed by atoms with Gasteiger partial charge in [-0.15, -0.1) is 0 Å². The Bertz CT molecular complexity index is 554. The van der Waals surface area contributed by atoms with Gasteiger partial charge in [-0.2, -0.15) is 0 Å². The monoisotopic (exact) mass is 364 g/mol. The first-order valence-electron chi connectivity index (χ1n) is 6.21. The van der Waals surface area contributed by atoms with Gasteiger partial charge in [0.2, 0.25) is 0 Å². The minimum Gasteiger partial charge on any atom is -0.480 e. The lowest BCUT2D eigenvalue weighted by Crippen LogP contribution is -2.46. The van der Waals surface area contributed by atoms with Gasteiger partial charge in [0.15, 0.2) is 0 Å². The largest absolute Gasteiger partial charge is 0.480 e.